The maximum atomic E-state index is 5.70. The molecule has 0 radical (unpaired) electrons. The lowest BCUT2D eigenvalue weighted by Crippen LogP contribution is -2.01. The molecular formula is C7H8N2OS. The monoisotopic (exact) mass is 168 g/mol. The number of nitrogens with zero attached hydrogens (tertiary/aromatic N) is 1. The molecule has 0 saturated heterocycles. The van der Waals surface area contributed by atoms with Gasteiger partial charge in [-0.15, -0.1) is 11.3 Å². The molecule has 2 N–H and O–H groups in total. The van der Waals surface area contributed by atoms with Gasteiger partial charge in [-0.25, -0.2) is 0 Å². The van der Waals surface area contributed by atoms with Gasteiger partial charge < -0.3 is 10.6 Å². The van der Waals surface area contributed by atoms with Gasteiger partial charge >= 0.3 is 0 Å². The van der Waals surface area contributed by atoms with Gasteiger partial charge in [0.05, 0.1) is 11.9 Å². The summed E-state index contributed by atoms with van der Waals surface area (Å²) < 4.78 is 1.68. The Morgan fingerprint density at radius 3 is 3.18 bits per heavy atom. The molecule has 0 spiro atoms. The van der Waals surface area contributed by atoms with E-state index in [0.717, 1.165) is 15.9 Å². The Morgan fingerprint density at radius 2 is 2.45 bits per heavy atom. The lowest BCUT2D eigenvalue weighted by Gasteiger charge is -1.97. The van der Waals surface area contributed by atoms with Crippen molar-refractivity contribution in [1.29, 1.82) is 0 Å². The number of anilines is 1. The Kier molecular flexibility index (Phi) is 1.29. The molecular weight excluding hydrogens is 160 g/mol. The molecule has 2 heterocycles. The lowest BCUT2D eigenvalue weighted by molar-refractivity contribution is 0.181. The molecule has 11 heavy (non-hydrogen) atoms. The van der Waals surface area contributed by atoms with Gasteiger partial charge in [-0.2, -0.15) is 4.73 Å². The lowest BCUT2D eigenvalue weighted by atomic mass is 10.4. The van der Waals surface area contributed by atoms with Crippen LogP contribution in [0.2, 0.25) is 0 Å². The normalized spacial score (nSPS) is 10.6. The van der Waals surface area contributed by atoms with E-state index in [2.05, 4.69) is 0 Å². The number of fused-ring (bicyclic) bond motifs is 1. The third-order valence-electron chi connectivity index (χ3n) is 1.61. The fourth-order valence-corrected chi connectivity index (χ4v) is 1.96. The number of thiophene rings is 1. The van der Waals surface area contributed by atoms with Crippen molar-refractivity contribution in [3.63, 3.8) is 0 Å². The average molecular weight is 168 g/mol. The van der Waals surface area contributed by atoms with Gasteiger partial charge in [-0.1, -0.05) is 0 Å². The van der Waals surface area contributed by atoms with Gasteiger partial charge in [0.2, 0.25) is 0 Å². The molecule has 3 nitrogen and oxygen atoms in total. The highest BCUT2D eigenvalue weighted by molar-refractivity contribution is 7.16. The van der Waals surface area contributed by atoms with Crippen LogP contribution in [0.1, 0.15) is 0 Å². The predicted octanol–water partition coefficient (Wildman–Crippen LogP) is 1.34. The molecule has 0 unspecified atom stereocenters. The van der Waals surface area contributed by atoms with E-state index in [0.29, 0.717) is 0 Å². The van der Waals surface area contributed by atoms with E-state index in [1.54, 1.807) is 29.4 Å². The van der Waals surface area contributed by atoms with E-state index >= 15 is 0 Å². The third-order valence-corrected chi connectivity index (χ3v) is 2.50. The standard InChI is InChI=1S/C7H8N2OS/c1-10-9-4-6(8)5-2-3-11-7(5)9/h2-4H,8H2,1H3. The van der Waals surface area contributed by atoms with Gasteiger partial charge in [-0.3, -0.25) is 0 Å². The van der Waals surface area contributed by atoms with Crippen LogP contribution in [0.4, 0.5) is 5.69 Å². The summed E-state index contributed by atoms with van der Waals surface area (Å²) in [6.07, 6.45) is 1.78. The SMILES string of the molecule is COn1cc(N)c2ccsc21. The molecule has 2 aromatic rings. The maximum absolute atomic E-state index is 5.70. The summed E-state index contributed by atoms with van der Waals surface area (Å²) >= 11 is 1.62. The molecule has 2 aromatic heterocycles. The second kappa shape index (κ2) is 2.17. The summed E-state index contributed by atoms with van der Waals surface area (Å²) in [5.74, 6) is 0. The van der Waals surface area contributed by atoms with Crippen molar-refractivity contribution in [2.45, 2.75) is 0 Å². The zero-order chi connectivity index (χ0) is 7.84. The van der Waals surface area contributed by atoms with Gasteiger partial charge in [0.15, 0.2) is 0 Å². The van der Waals surface area contributed by atoms with Gasteiger partial charge in [0, 0.05) is 5.39 Å². The smallest absolute Gasteiger partial charge is 0.141 e. The van der Waals surface area contributed by atoms with E-state index in [1.165, 1.54) is 0 Å². The first-order chi connectivity index (χ1) is 5.33. The summed E-state index contributed by atoms with van der Waals surface area (Å²) in [5, 5.41) is 3.06. The Bertz CT molecular complexity index is 377. The first-order valence-corrected chi connectivity index (χ1v) is 4.09. The predicted molar refractivity (Wildman–Crippen MR) is 46.7 cm³/mol. The van der Waals surface area contributed by atoms with E-state index in [9.17, 15) is 0 Å². The van der Waals surface area contributed by atoms with Crippen molar-refractivity contribution in [3.05, 3.63) is 17.6 Å². The fraction of sp³-hybridized carbons (Fsp3) is 0.143. The van der Waals surface area contributed by atoms with Crippen LogP contribution >= 0.6 is 11.3 Å². The zero-order valence-corrected chi connectivity index (χ0v) is 6.89. The molecule has 0 fully saturated rings. The van der Waals surface area contributed by atoms with Crippen molar-refractivity contribution < 1.29 is 4.84 Å². The Balaban J connectivity index is 2.80. The van der Waals surface area contributed by atoms with Crippen molar-refractivity contribution in [3.8, 4) is 0 Å². The highest BCUT2D eigenvalue weighted by Gasteiger charge is 2.05. The molecule has 4 heteroatoms. The molecule has 2 rings (SSSR count). The molecule has 0 aromatic carbocycles. The first kappa shape index (κ1) is 6.54. The Labute approximate surface area is 67.9 Å². The zero-order valence-electron chi connectivity index (χ0n) is 6.07. The van der Waals surface area contributed by atoms with Crippen LogP contribution in [0.5, 0.6) is 0 Å². The number of nitrogens with two attached hydrogens (primary N) is 1. The summed E-state index contributed by atoms with van der Waals surface area (Å²) in [4.78, 5) is 6.11. The topological polar surface area (TPSA) is 40.2 Å². The molecule has 0 amide bonds. The molecule has 0 saturated carbocycles. The van der Waals surface area contributed by atoms with Crippen LogP contribution in [-0.2, 0) is 0 Å². The first-order valence-electron chi connectivity index (χ1n) is 3.21. The van der Waals surface area contributed by atoms with Crippen LogP contribution in [0, 0.1) is 0 Å². The highest BCUT2D eigenvalue weighted by atomic mass is 32.1. The van der Waals surface area contributed by atoms with Gasteiger partial charge in [0.1, 0.15) is 11.9 Å². The van der Waals surface area contributed by atoms with Gasteiger partial charge in [-0.05, 0) is 11.4 Å². The summed E-state index contributed by atoms with van der Waals surface area (Å²) in [6.45, 7) is 0. The van der Waals surface area contributed by atoms with Crippen molar-refractivity contribution in [2.24, 2.45) is 0 Å². The van der Waals surface area contributed by atoms with Crippen LogP contribution < -0.4 is 10.6 Å². The molecule has 58 valence electrons. The van der Waals surface area contributed by atoms with Crippen LogP contribution in [0.3, 0.4) is 0 Å². The fourth-order valence-electron chi connectivity index (χ4n) is 1.08. The Hall–Kier alpha value is -1.16. The van der Waals surface area contributed by atoms with E-state index < -0.39 is 0 Å². The second-order valence-corrected chi connectivity index (χ2v) is 3.13. The number of aromatic nitrogens is 1. The molecule has 0 aliphatic carbocycles. The molecule has 0 aliphatic rings. The highest BCUT2D eigenvalue weighted by Crippen LogP contribution is 2.26. The van der Waals surface area contributed by atoms with Crippen LogP contribution in [0.15, 0.2) is 17.6 Å². The van der Waals surface area contributed by atoms with Crippen molar-refractivity contribution in [1.82, 2.24) is 4.73 Å². The summed E-state index contributed by atoms with van der Waals surface area (Å²) in [6, 6.07) is 1.99. The largest absolute Gasteiger partial charge is 0.416 e. The maximum Gasteiger partial charge on any atom is 0.141 e. The van der Waals surface area contributed by atoms with Crippen LogP contribution in [-0.4, -0.2) is 11.8 Å². The quantitative estimate of drug-likeness (QED) is 0.698. The van der Waals surface area contributed by atoms with Gasteiger partial charge in [0.25, 0.3) is 0 Å². The average Bonchev–Trinajstić information content (AvgIpc) is 2.54. The molecule has 0 aliphatic heterocycles. The van der Waals surface area contributed by atoms with Crippen molar-refractivity contribution >= 4 is 27.2 Å². The second-order valence-electron chi connectivity index (χ2n) is 2.23. The third kappa shape index (κ3) is 0.793. The minimum atomic E-state index is 0.767. The number of hydrogen-bond donors (Lipinski definition) is 1. The molecule has 0 bridgehead atoms. The van der Waals surface area contributed by atoms with E-state index in [-0.39, 0.29) is 0 Å². The van der Waals surface area contributed by atoms with Crippen molar-refractivity contribution in [2.75, 3.05) is 12.8 Å². The van der Waals surface area contributed by atoms with Crippen LogP contribution in [0.25, 0.3) is 10.2 Å². The minimum Gasteiger partial charge on any atom is -0.416 e. The Morgan fingerprint density at radius 1 is 1.64 bits per heavy atom. The number of hydrogen-bond acceptors (Lipinski definition) is 3. The molecule has 0 atom stereocenters. The van der Waals surface area contributed by atoms with E-state index in [4.69, 9.17) is 10.6 Å². The van der Waals surface area contributed by atoms with E-state index in [1.807, 2.05) is 11.4 Å². The number of nitrogen functional groups attached to an aromatic ring is 1. The summed E-state index contributed by atoms with van der Waals surface area (Å²) in [5.41, 5.74) is 6.47. The minimum absolute atomic E-state index is 0.767. The summed E-state index contributed by atoms with van der Waals surface area (Å²) in [7, 11) is 1.62. The number of rotatable bonds is 1.